The third-order valence-corrected chi connectivity index (χ3v) is 3.68. The number of halogens is 2. The van der Waals surface area contributed by atoms with Gasteiger partial charge in [-0.3, -0.25) is 4.79 Å². The molecule has 0 spiro atoms. The van der Waals surface area contributed by atoms with E-state index in [2.05, 4.69) is 5.32 Å². The highest BCUT2D eigenvalue weighted by Crippen LogP contribution is 2.26. The maximum Gasteiger partial charge on any atom is 0.288 e. The van der Waals surface area contributed by atoms with Crippen molar-refractivity contribution < 1.29 is 13.6 Å². The van der Waals surface area contributed by atoms with E-state index in [1.165, 1.54) is 0 Å². The van der Waals surface area contributed by atoms with Crippen molar-refractivity contribution >= 4 is 35.1 Å². The van der Waals surface area contributed by atoms with Crippen LogP contribution in [0.15, 0.2) is 29.2 Å². The standard InChI is InChI=1S/C12H16F2N2OS2/c1-18-7-6-10(15)11(17)16-8-2-4-9(5-3-8)19-12(13)14/h2-5,10,12H,6-7,15H2,1H3,(H,16,17)/t10-/m0/s1. The second-order valence-corrected chi connectivity index (χ2v) is 5.83. The molecule has 1 aromatic carbocycles. The molecule has 0 bridgehead atoms. The first-order valence-corrected chi connectivity index (χ1v) is 7.90. The Balaban J connectivity index is 2.50. The maximum atomic E-state index is 12.1. The van der Waals surface area contributed by atoms with Crippen LogP contribution in [0.2, 0.25) is 0 Å². The van der Waals surface area contributed by atoms with Crippen LogP contribution in [-0.2, 0) is 4.79 Å². The lowest BCUT2D eigenvalue weighted by molar-refractivity contribution is -0.117. The minimum Gasteiger partial charge on any atom is -0.325 e. The molecule has 1 aromatic rings. The number of rotatable bonds is 7. The number of nitrogens with one attached hydrogen (secondary N) is 1. The van der Waals surface area contributed by atoms with Crippen LogP contribution in [0.1, 0.15) is 6.42 Å². The Morgan fingerprint density at radius 1 is 1.37 bits per heavy atom. The summed E-state index contributed by atoms with van der Waals surface area (Å²) in [5.74, 6) is -1.89. The highest BCUT2D eigenvalue weighted by Gasteiger charge is 2.13. The van der Waals surface area contributed by atoms with Gasteiger partial charge in [0.25, 0.3) is 5.76 Å². The molecule has 106 valence electrons. The molecular formula is C12H16F2N2OS2. The number of nitrogens with two attached hydrogens (primary N) is 1. The molecule has 0 saturated heterocycles. The third-order valence-electron chi connectivity index (χ3n) is 2.32. The van der Waals surface area contributed by atoms with E-state index >= 15 is 0 Å². The quantitative estimate of drug-likeness (QED) is 0.760. The molecule has 0 heterocycles. The monoisotopic (exact) mass is 306 g/mol. The molecule has 0 aliphatic heterocycles. The Hall–Kier alpha value is -0.790. The highest BCUT2D eigenvalue weighted by atomic mass is 32.2. The number of anilines is 1. The van der Waals surface area contributed by atoms with E-state index in [0.717, 1.165) is 5.75 Å². The van der Waals surface area contributed by atoms with Gasteiger partial charge in [-0.05, 0) is 42.7 Å². The summed E-state index contributed by atoms with van der Waals surface area (Å²) >= 11 is 2.10. The van der Waals surface area contributed by atoms with Gasteiger partial charge in [0.05, 0.1) is 6.04 Å². The predicted molar refractivity (Wildman–Crippen MR) is 77.9 cm³/mol. The van der Waals surface area contributed by atoms with Crippen LogP contribution in [0.5, 0.6) is 0 Å². The SMILES string of the molecule is CSCC[C@H](N)C(=O)Nc1ccc(SC(F)F)cc1. The molecule has 0 aliphatic carbocycles. The van der Waals surface area contributed by atoms with E-state index in [9.17, 15) is 13.6 Å². The van der Waals surface area contributed by atoms with Crippen LogP contribution in [0.4, 0.5) is 14.5 Å². The van der Waals surface area contributed by atoms with Gasteiger partial charge in [0.2, 0.25) is 5.91 Å². The van der Waals surface area contributed by atoms with Gasteiger partial charge in [-0.15, -0.1) is 0 Å². The number of carbonyl (C=O) groups is 1. The third kappa shape index (κ3) is 6.26. The molecular weight excluding hydrogens is 290 g/mol. The van der Waals surface area contributed by atoms with Crippen LogP contribution in [0, 0.1) is 0 Å². The van der Waals surface area contributed by atoms with Crippen molar-refractivity contribution in [3.05, 3.63) is 24.3 Å². The van der Waals surface area contributed by atoms with Gasteiger partial charge >= 0.3 is 0 Å². The molecule has 3 nitrogen and oxygen atoms in total. The smallest absolute Gasteiger partial charge is 0.288 e. The Bertz CT molecular complexity index is 401. The van der Waals surface area contributed by atoms with Crippen molar-refractivity contribution in [3.63, 3.8) is 0 Å². The average molecular weight is 306 g/mol. The molecule has 7 heteroatoms. The minimum absolute atomic E-state index is 0.261. The van der Waals surface area contributed by atoms with E-state index in [1.807, 2.05) is 6.26 Å². The zero-order valence-corrected chi connectivity index (χ0v) is 12.1. The first kappa shape index (κ1) is 16.3. The summed E-state index contributed by atoms with van der Waals surface area (Å²) in [5.41, 5.74) is 6.28. The van der Waals surface area contributed by atoms with Crippen LogP contribution in [0.3, 0.4) is 0 Å². The zero-order chi connectivity index (χ0) is 14.3. The number of alkyl halides is 2. The number of carbonyl (C=O) groups excluding carboxylic acids is 1. The minimum atomic E-state index is -2.44. The van der Waals surface area contributed by atoms with Crippen LogP contribution < -0.4 is 11.1 Å². The Kier molecular flexibility index (Phi) is 7.19. The van der Waals surface area contributed by atoms with Crippen molar-refractivity contribution in [2.24, 2.45) is 5.73 Å². The summed E-state index contributed by atoms with van der Waals surface area (Å²) in [4.78, 5) is 12.2. The Morgan fingerprint density at radius 3 is 2.53 bits per heavy atom. The normalized spacial score (nSPS) is 12.5. The lowest BCUT2D eigenvalue weighted by Gasteiger charge is -2.11. The summed E-state index contributed by atoms with van der Waals surface area (Å²) in [7, 11) is 0. The summed E-state index contributed by atoms with van der Waals surface area (Å²) in [6.07, 6.45) is 2.55. The molecule has 0 aliphatic rings. The zero-order valence-electron chi connectivity index (χ0n) is 10.4. The van der Waals surface area contributed by atoms with Gasteiger partial charge in [0, 0.05) is 10.6 Å². The predicted octanol–water partition coefficient (Wildman–Crippen LogP) is 3.02. The Morgan fingerprint density at radius 2 is 2.00 bits per heavy atom. The van der Waals surface area contributed by atoms with E-state index in [0.29, 0.717) is 28.8 Å². The van der Waals surface area contributed by atoms with E-state index in [1.54, 1.807) is 36.0 Å². The van der Waals surface area contributed by atoms with E-state index in [4.69, 9.17) is 5.73 Å². The van der Waals surface area contributed by atoms with Crippen molar-refractivity contribution in [1.29, 1.82) is 0 Å². The number of hydrogen-bond donors (Lipinski definition) is 2. The first-order valence-electron chi connectivity index (χ1n) is 5.63. The summed E-state index contributed by atoms with van der Waals surface area (Å²) < 4.78 is 24.3. The number of amides is 1. The van der Waals surface area contributed by atoms with Crippen LogP contribution in [-0.4, -0.2) is 29.7 Å². The molecule has 1 rings (SSSR count). The van der Waals surface area contributed by atoms with Gasteiger partial charge < -0.3 is 11.1 Å². The number of benzene rings is 1. The number of hydrogen-bond acceptors (Lipinski definition) is 4. The fourth-order valence-corrected chi connectivity index (χ4v) is 2.32. The summed E-state index contributed by atoms with van der Waals surface area (Å²) in [6.45, 7) is 0. The fraction of sp³-hybridized carbons (Fsp3) is 0.417. The lowest BCUT2D eigenvalue weighted by atomic mass is 10.2. The molecule has 0 fully saturated rings. The van der Waals surface area contributed by atoms with Gasteiger partial charge in [0.15, 0.2) is 0 Å². The fourth-order valence-electron chi connectivity index (χ4n) is 1.33. The van der Waals surface area contributed by atoms with Crippen molar-refractivity contribution in [2.45, 2.75) is 23.1 Å². The average Bonchev–Trinajstić information content (AvgIpc) is 2.37. The summed E-state index contributed by atoms with van der Waals surface area (Å²) in [5, 5.41) is 2.66. The molecule has 3 N–H and O–H groups in total. The maximum absolute atomic E-state index is 12.1. The van der Waals surface area contributed by atoms with Crippen molar-refractivity contribution in [2.75, 3.05) is 17.3 Å². The van der Waals surface area contributed by atoms with Gasteiger partial charge in [-0.1, -0.05) is 11.8 Å². The molecule has 0 saturated carbocycles. The molecule has 0 aromatic heterocycles. The second kappa shape index (κ2) is 8.39. The molecule has 0 unspecified atom stereocenters. The van der Waals surface area contributed by atoms with Gasteiger partial charge in [0.1, 0.15) is 0 Å². The van der Waals surface area contributed by atoms with Crippen molar-refractivity contribution in [3.8, 4) is 0 Å². The Labute approximate surface area is 119 Å². The highest BCUT2D eigenvalue weighted by molar-refractivity contribution is 7.99. The molecule has 1 amide bonds. The molecule has 19 heavy (non-hydrogen) atoms. The largest absolute Gasteiger partial charge is 0.325 e. The number of thioether (sulfide) groups is 2. The van der Waals surface area contributed by atoms with Gasteiger partial charge in [-0.25, -0.2) is 0 Å². The topological polar surface area (TPSA) is 55.1 Å². The molecule has 0 radical (unpaired) electrons. The van der Waals surface area contributed by atoms with Crippen LogP contribution >= 0.6 is 23.5 Å². The lowest BCUT2D eigenvalue weighted by Crippen LogP contribution is -2.36. The van der Waals surface area contributed by atoms with Gasteiger partial charge in [-0.2, -0.15) is 20.5 Å². The van der Waals surface area contributed by atoms with Crippen LogP contribution in [0.25, 0.3) is 0 Å². The van der Waals surface area contributed by atoms with E-state index < -0.39 is 11.8 Å². The molecule has 1 atom stereocenters. The first-order chi connectivity index (χ1) is 9.02. The summed E-state index contributed by atoms with van der Waals surface area (Å²) in [6, 6.07) is 5.70. The van der Waals surface area contributed by atoms with Crippen molar-refractivity contribution in [1.82, 2.24) is 0 Å². The van der Waals surface area contributed by atoms with E-state index in [-0.39, 0.29) is 5.91 Å². The second-order valence-electron chi connectivity index (χ2n) is 3.78.